The summed E-state index contributed by atoms with van der Waals surface area (Å²) in [4.78, 5) is 7.26. The van der Waals surface area contributed by atoms with Gasteiger partial charge in [0, 0.05) is 19.1 Å². The molecule has 0 aromatic heterocycles. The van der Waals surface area contributed by atoms with Crippen molar-refractivity contribution >= 4 is 29.9 Å². The fraction of sp³-hybridized carbons (Fsp3) is 0.611. The predicted molar refractivity (Wildman–Crippen MR) is 112 cm³/mol. The number of aliphatic imine (C=N–C) groups is 1. The van der Waals surface area contributed by atoms with E-state index >= 15 is 0 Å². The molecule has 2 N–H and O–H groups in total. The van der Waals surface area contributed by atoms with Crippen molar-refractivity contribution in [1.29, 1.82) is 0 Å². The van der Waals surface area contributed by atoms with E-state index in [2.05, 4.69) is 73.6 Å². The molecular weight excluding hydrogens is 399 g/mol. The Hall–Kier alpha value is -0.820. The van der Waals surface area contributed by atoms with Gasteiger partial charge in [-0.15, -0.1) is 24.0 Å². The Morgan fingerprint density at radius 2 is 1.57 bits per heavy atom. The molecule has 1 atom stereocenters. The van der Waals surface area contributed by atoms with E-state index in [4.69, 9.17) is 4.99 Å². The van der Waals surface area contributed by atoms with Crippen LogP contribution in [-0.2, 0) is 6.42 Å². The van der Waals surface area contributed by atoms with Crippen LogP contribution in [0.3, 0.4) is 0 Å². The highest BCUT2D eigenvalue weighted by Crippen LogP contribution is 2.09. The molecular formula is C18H33IN4. The van der Waals surface area contributed by atoms with E-state index in [1.54, 1.807) is 0 Å². The smallest absolute Gasteiger partial charge is 0.191 e. The second kappa shape index (κ2) is 13.6. The Balaban J connectivity index is 0.00000484. The van der Waals surface area contributed by atoms with Crippen LogP contribution in [0.4, 0.5) is 0 Å². The lowest BCUT2D eigenvalue weighted by molar-refractivity contribution is 0.220. The summed E-state index contributed by atoms with van der Waals surface area (Å²) in [5.74, 6) is 0.912. The Labute approximate surface area is 159 Å². The first kappa shape index (κ1) is 22.2. The van der Waals surface area contributed by atoms with Crippen molar-refractivity contribution in [2.45, 2.75) is 40.2 Å². The van der Waals surface area contributed by atoms with Crippen LogP contribution in [0.5, 0.6) is 0 Å². The Kier molecular flexibility index (Phi) is 13.1. The summed E-state index contributed by atoms with van der Waals surface area (Å²) in [5.41, 5.74) is 1.38. The third-order valence-corrected chi connectivity index (χ3v) is 3.79. The fourth-order valence-corrected chi connectivity index (χ4v) is 2.64. The minimum atomic E-state index is 0. The quantitative estimate of drug-likeness (QED) is 0.358. The summed E-state index contributed by atoms with van der Waals surface area (Å²) in [7, 11) is 0. The number of hydrogen-bond acceptors (Lipinski definition) is 2. The van der Waals surface area contributed by atoms with Gasteiger partial charge in [0.25, 0.3) is 0 Å². The Morgan fingerprint density at radius 3 is 2.04 bits per heavy atom. The molecule has 0 fully saturated rings. The number of nitrogens with zero attached hydrogens (tertiary/aromatic N) is 2. The van der Waals surface area contributed by atoms with Crippen molar-refractivity contribution in [3.05, 3.63) is 35.9 Å². The number of likely N-dealkylation sites (N-methyl/N-ethyl adjacent to an activating group) is 1. The maximum Gasteiger partial charge on any atom is 0.191 e. The monoisotopic (exact) mass is 432 g/mol. The van der Waals surface area contributed by atoms with E-state index in [9.17, 15) is 0 Å². The highest BCUT2D eigenvalue weighted by Gasteiger charge is 2.16. The zero-order valence-electron chi connectivity index (χ0n) is 15.0. The second-order valence-corrected chi connectivity index (χ2v) is 5.31. The molecule has 5 heteroatoms. The lowest BCUT2D eigenvalue weighted by Gasteiger charge is -2.29. The first-order chi connectivity index (χ1) is 10.7. The summed E-state index contributed by atoms with van der Waals surface area (Å²) in [6.45, 7) is 13.3. The van der Waals surface area contributed by atoms with Crippen LogP contribution in [0, 0.1) is 0 Å². The number of rotatable bonds is 9. The Bertz CT molecular complexity index is 410. The van der Waals surface area contributed by atoms with Crippen LogP contribution in [-0.4, -0.2) is 49.6 Å². The maximum atomic E-state index is 4.77. The van der Waals surface area contributed by atoms with Gasteiger partial charge in [0.1, 0.15) is 0 Å². The van der Waals surface area contributed by atoms with E-state index in [0.29, 0.717) is 6.04 Å². The molecule has 1 aromatic rings. The molecule has 0 saturated carbocycles. The van der Waals surface area contributed by atoms with Crippen molar-refractivity contribution in [2.75, 3.05) is 32.7 Å². The molecule has 0 spiro atoms. The standard InChI is InChI=1S/C18H32N4.HI/c1-5-19-18(20-6-2)21-15-17(22(7-3)8-4)14-16-12-10-9-11-13-16;/h9-13,17H,5-8,14-15H2,1-4H3,(H2,19,20,21);1H. The number of benzene rings is 1. The van der Waals surface area contributed by atoms with Crippen molar-refractivity contribution in [2.24, 2.45) is 4.99 Å². The van der Waals surface area contributed by atoms with E-state index < -0.39 is 0 Å². The van der Waals surface area contributed by atoms with Crippen molar-refractivity contribution in [3.63, 3.8) is 0 Å². The summed E-state index contributed by atoms with van der Waals surface area (Å²) < 4.78 is 0. The van der Waals surface area contributed by atoms with Crippen molar-refractivity contribution in [3.8, 4) is 0 Å². The van der Waals surface area contributed by atoms with Crippen LogP contribution in [0.2, 0.25) is 0 Å². The highest BCUT2D eigenvalue weighted by molar-refractivity contribution is 14.0. The second-order valence-electron chi connectivity index (χ2n) is 5.31. The summed E-state index contributed by atoms with van der Waals surface area (Å²) in [5, 5.41) is 6.60. The summed E-state index contributed by atoms with van der Waals surface area (Å²) in [6, 6.07) is 11.1. The highest BCUT2D eigenvalue weighted by atomic mass is 127. The van der Waals surface area contributed by atoms with E-state index in [-0.39, 0.29) is 24.0 Å². The largest absolute Gasteiger partial charge is 0.357 e. The van der Waals surface area contributed by atoms with Gasteiger partial charge in [-0.3, -0.25) is 9.89 Å². The van der Waals surface area contributed by atoms with Gasteiger partial charge in [-0.05, 0) is 38.9 Å². The normalized spacial score (nSPS) is 11.5. The van der Waals surface area contributed by atoms with Gasteiger partial charge in [-0.2, -0.15) is 0 Å². The number of guanidine groups is 1. The topological polar surface area (TPSA) is 39.7 Å². The van der Waals surface area contributed by atoms with Gasteiger partial charge in [-0.25, -0.2) is 0 Å². The van der Waals surface area contributed by atoms with Gasteiger partial charge in [0.05, 0.1) is 6.54 Å². The zero-order valence-corrected chi connectivity index (χ0v) is 17.3. The van der Waals surface area contributed by atoms with Crippen molar-refractivity contribution < 1.29 is 0 Å². The van der Waals surface area contributed by atoms with E-state index in [1.165, 1.54) is 5.56 Å². The Morgan fingerprint density at radius 1 is 1.00 bits per heavy atom. The van der Waals surface area contributed by atoms with Gasteiger partial charge in [0.15, 0.2) is 5.96 Å². The molecule has 0 aliphatic heterocycles. The molecule has 23 heavy (non-hydrogen) atoms. The summed E-state index contributed by atoms with van der Waals surface area (Å²) >= 11 is 0. The first-order valence-electron chi connectivity index (χ1n) is 8.55. The lowest BCUT2D eigenvalue weighted by atomic mass is 10.0. The minimum absolute atomic E-state index is 0. The van der Waals surface area contributed by atoms with Crippen LogP contribution in [0.1, 0.15) is 33.3 Å². The van der Waals surface area contributed by atoms with Gasteiger partial charge >= 0.3 is 0 Å². The predicted octanol–water partition coefficient (Wildman–Crippen LogP) is 3.13. The SMILES string of the molecule is CCNC(=NCC(Cc1ccccc1)N(CC)CC)NCC.I. The molecule has 0 bridgehead atoms. The molecule has 1 rings (SSSR count). The molecule has 132 valence electrons. The minimum Gasteiger partial charge on any atom is -0.357 e. The van der Waals surface area contributed by atoms with Crippen LogP contribution >= 0.6 is 24.0 Å². The van der Waals surface area contributed by atoms with E-state index in [0.717, 1.165) is 45.1 Å². The fourth-order valence-electron chi connectivity index (χ4n) is 2.64. The first-order valence-corrected chi connectivity index (χ1v) is 8.55. The lowest BCUT2D eigenvalue weighted by Crippen LogP contribution is -2.42. The third-order valence-electron chi connectivity index (χ3n) is 3.79. The summed E-state index contributed by atoms with van der Waals surface area (Å²) in [6.07, 6.45) is 1.04. The molecule has 0 heterocycles. The molecule has 1 aromatic carbocycles. The molecule has 0 aliphatic rings. The average molecular weight is 432 g/mol. The number of halogens is 1. The zero-order chi connectivity index (χ0) is 16.2. The number of nitrogens with one attached hydrogen (secondary N) is 2. The third kappa shape index (κ3) is 8.55. The van der Waals surface area contributed by atoms with Crippen LogP contribution in [0.15, 0.2) is 35.3 Å². The molecule has 0 radical (unpaired) electrons. The molecule has 1 unspecified atom stereocenters. The molecule has 0 aliphatic carbocycles. The maximum absolute atomic E-state index is 4.77. The van der Waals surface area contributed by atoms with Gasteiger partial charge in [0.2, 0.25) is 0 Å². The van der Waals surface area contributed by atoms with Gasteiger partial charge in [-0.1, -0.05) is 44.2 Å². The van der Waals surface area contributed by atoms with Gasteiger partial charge < -0.3 is 10.6 Å². The van der Waals surface area contributed by atoms with E-state index in [1.807, 2.05) is 0 Å². The average Bonchev–Trinajstić information content (AvgIpc) is 2.54. The van der Waals surface area contributed by atoms with Crippen LogP contribution in [0.25, 0.3) is 0 Å². The van der Waals surface area contributed by atoms with Crippen molar-refractivity contribution in [1.82, 2.24) is 15.5 Å². The van der Waals surface area contributed by atoms with Crippen LogP contribution < -0.4 is 10.6 Å². The molecule has 4 nitrogen and oxygen atoms in total. The molecule has 0 amide bonds. The number of hydrogen-bond donors (Lipinski definition) is 2. The molecule has 0 saturated heterocycles.